The number of nitrogens with zero attached hydrogens (tertiary/aromatic N) is 1. The molecule has 238 valence electrons. The molecule has 10 nitrogen and oxygen atoms in total. The van der Waals surface area contributed by atoms with E-state index in [1.165, 1.54) is 17.0 Å². The molecule has 0 saturated heterocycles. The molecule has 1 aliphatic rings. The van der Waals surface area contributed by atoms with Crippen LogP contribution in [0, 0.1) is 19.7 Å². The summed E-state index contributed by atoms with van der Waals surface area (Å²) in [6, 6.07) is 12.9. The van der Waals surface area contributed by atoms with Crippen LogP contribution in [-0.4, -0.2) is 63.5 Å². The number of fused-ring (bicyclic) bond motifs is 1. The maximum Gasteiger partial charge on any atom is 0.326 e. The number of aryl methyl sites for hydroxylation is 2. The number of phenolic OH excluding ortho intramolecular Hbond substituents is 1. The molecular weight excluding hydrogens is 578 g/mol. The number of carboxylic acid groups (broad SMARTS) is 1. The predicted octanol–water partition coefficient (Wildman–Crippen LogP) is 3.14. The molecule has 3 amide bonds. The number of carbonyl (C=O) groups excluding carboxylic acids is 3. The van der Waals surface area contributed by atoms with Crippen molar-refractivity contribution in [3.63, 3.8) is 0 Å². The maximum absolute atomic E-state index is 13.7. The topological polar surface area (TPSA) is 162 Å². The molecule has 0 unspecified atom stereocenters. The Morgan fingerprint density at radius 3 is 2.29 bits per heavy atom. The molecule has 45 heavy (non-hydrogen) atoms. The Morgan fingerprint density at radius 2 is 1.64 bits per heavy atom. The van der Waals surface area contributed by atoms with Crippen molar-refractivity contribution in [2.75, 3.05) is 6.54 Å². The average molecular weight is 618 g/mol. The first-order valence-corrected chi connectivity index (χ1v) is 14.9. The van der Waals surface area contributed by atoms with Crippen LogP contribution in [0.4, 0.5) is 4.39 Å². The van der Waals surface area contributed by atoms with Crippen LogP contribution in [-0.2, 0) is 33.8 Å². The van der Waals surface area contributed by atoms with Crippen LogP contribution in [0.2, 0.25) is 0 Å². The van der Waals surface area contributed by atoms with E-state index in [1.54, 1.807) is 12.1 Å². The first kappa shape index (κ1) is 33.1. The molecule has 3 atom stereocenters. The Hall–Kier alpha value is -4.77. The van der Waals surface area contributed by atoms with E-state index in [1.807, 2.05) is 38.1 Å². The Morgan fingerprint density at radius 1 is 1.00 bits per heavy atom. The van der Waals surface area contributed by atoms with Crippen LogP contribution in [0.5, 0.6) is 5.75 Å². The van der Waals surface area contributed by atoms with Gasteiger partial charge in [-0.25, -0.2) is 9.18 Å². The van der Waals surface area contributed by atoms with Gasteiger partial charge >= 0.3 is 5.97 Å². The first-order chi connectivity index (χ1) is 21.4. The van der Waals surface area contributed by atoms with Crippen molar-refractivity contribution >= 4 is 23.7 Å². The van der Waals surface area contributed by atoms with Crippen LogP contribution < -0.4 is 16.4 Å². The minimum Gasteiger partial charge on any atom is -0.508 e. The molecule has 4 rings (SSSR count). The quantitative estimate of drug-likeness (QED) is 0.195. The third-order valence-electron chi connectivity index (χ3n) is 8.18. The van der Waals surface area contributed by atoms with Crippen molar-refractivity contribution in [2.24, 2.45) is 5.73 Å². The molecule has 0 spiro atoms. The summed E-state index contributed by atoms with van der Waals surface area (Å²) in [5.74, 6) is -2.86. The fourth-order valence-electron chi connectivity index (χ4n) is 5.70. The van der Waals surface area contributed by atoms with Crippen molar-refractivity contribution in [2.45, 2.75) is 70.6 Å². The summed E-state index contributed by atoms with van der Waals surface area (Å²) in [6.45, 7) is 4.19. The Bertz CT molecular complexity index is 1540. The lowest BCUT2D eigenvalue weighted by Gasteiger charge is -2.37. The van der Waals surface area contributed by atoms with Crippen LogP contribution in [0.3, 0.4) is 0 Å². The molecule has 0 radical (unpaired) electrons. The van der Waals surface area contributed by atoms with Crippen LogP contribution in [0.1, 0.15) is 57.4 Å². The molecule has 11 heteroatoms. The summed E-state index contributed by atoms with van der Waals surface area (Å²) >= 11 is 0. The number of unbranched alkanes of at least 4 members (excludes halogenated alkanes) is 1. The highest BCUT2D eigenvalue weighted by molar-refractivity contribution is 5.96. The second-order valence-electron chi connectivity index (χ2n) is 11.5. The molecule has 0 fully saturated rings. The molecule has 3 aromatic rings. The normalized spacial score (nSPS) is 15.5. The summed E-state index contributed by atoms with van der Waals surface area (Å²) in [5, 5.41) is 24.8. The zero-order valence-electron chi connectivity index (χ0n) is 25.4. The van der Waals surface area contributed by atoms with Gasteiger partial charge in [-0.2, -0.15) is 0 Å². The average Bonchev–Trinajstić information content (AvgIpc) is 3.00. The Labute approximate surface area is 261 Å². The highest BCUT2D eigenvalue weighted by Gasteiger charge is 2.36. The molecule has 0 saturated carbocycles. The lowest BCUT2D eigenvalue weighted by Crippen LogP contribution is -2.56. The monoisotopic (exact) mass is 617 g/mol. The second-order valence-corrected chi connectivity index (χ2v) is 11.5. The van der Waals surface area contributed by atoms with E-state index in [2.05, 4.69) is 10.6 Å². The highest BCUT2D eigenvalue weighted by Crippen LogP contribution is 2.26. The molecule has 3 aromatic carbocycles. The molecule has 0 bridgehead atoms. The SMILES string of the molecule is Cc1cc(O)cc(C)c1C[C@H](N)C(=O)N1Cc2ccccc2C[C@H]1C(=O)NCCCC[C@H](NC(=O)c1ccc([18F])cc1)C(=O)O. The number of carbonyl (C=O) groups is 4. The van der Waals surface area contributed by atoms with Gasteiger partial charge in [0, 0.05) is 25.1 Å². The van der Waals surface area contributed by atoms with Crippen molar-refractivity contribution in [1.82, 2.24) is 15.5 Å². The number of benzene rings is 3. The number of aliphatic carboxylic acids is 1. The number of hydrogen-bond donors (Lipinski definition) is 5. The van der Waals surface area contributed by atoms with Gasteiger partial charge in [-0.3, -0.25) is 14.4 Å². The number of nitrogens with one attached hydrogen (secondary N) is 2. The van der Waals surface area contributed by atoms with Crippen molar-refractivity contribution in [3.05, 3.63) is 99.9 Å². The van der Waals surface area contributed by atoms with Crippen molar-refractivity contribution in [3.8, 4) is 5.75 Å². The second kappa shape index (κ2) is 14.8. The number of aromatic hydroxyl groups is 1. The fraction of sp³-hybridized carbons (Fsp3) is 0.353. The van der Waals surface area contributed by atoms with Gasteiger partial charge < -0.3 is 31.5 Å². The zero-order chi connectivity index (χ0) is 32.7. The lowest BCUT2D eigenvalue weighted by atomic mass is 9.91. The largest absolute Gasteiger partial charge is 0.508 e. The lowest BCUT2D eigenvalue weighted by molar-refractivity contribution is -0.142. The first-order valence-electron chi connectivity index (χ1n) is 14.9. The maximum atomic E-state index is 13.7. The van der Waals surface area contributed by atoms with Gasteiger partial charge in [-0.15, -0.1) is 0 Å². The van der Waals surface area contributed by atoms with E-state index >= 15 is 0 Å². The molecule has 0 aliphatic carbocycles. The smallest absolute Gasteiger partial charge is 0.326 e. The van der Waals surface area contributed by atoms with Crippen LogP contribution >= 0.6 is 0 Å². The van der Waals surface area contributed by atoms with Gasteiger partial charge in [0.15, 0.2) is 0 Å². The Balaban J connectivity index is 1.35. The van der Waals surface area contributed by atoms with E-state index < -0.39 is 35.8 Å². The highest BCUT2D eigenvalue weighted by atomic mass is 18.2. The number of amides is 3. The van der Waals surface area contributed by atoms with E-state index in [9.17, 15) is 33.8 Å². The minimum atomic E-state index is -1.20. The summed E-state index contributed by atoms with van der Waals surface area (Å²) in [5.41, 5.74) is 11.0. The third-order valence-corrected chi connectivity index (χ3v) is 8.18. The predicted molar refractivity (Wildman–Crippen MR) is 166 cm³/mol. The number of hydrogen-bond acceptors (Lipinski definition) is 6. The molecule has 0 aromatic heterocycles. The van der Waals surface area contributed by atoms with Gasteiger partial charge in [0.25, 0.3) is 5.91 Å². The molecular formula is C34H39FN4O6. The fourth-order valence-corrected chi connectivity index (χ4v) is 5.70. The van der Waals surface area contributed by atoms with Gasteiger partial charge in [0.05, 0.1) is 6.04 Å². The molecule has 6 N–H and O–H groups in total. The summed E-state index contributed by atoms with van der Waals surface area (Å²) in [4.78, 5) is 52.8. The van der Waals surface area contributed by atoms with Crippen molar-refractivity contribution < 1.29 is 33.8 Å². The number of carboxylic acids is 1. The summed E-state index contributed by atoms with van der Waals surface area (Å²) in [7, 11) is 0. The standard InChI is InChI=1S/C34H39FN4O6/c1-20-15-26(40)16-21(2)27(20)18-28(36)33(43)39-19-24-8-4-3-7-23(24)17-30(39)32(42)37-14-6-5-9-29(34(44)45)38-31(41)22-10-12-25(35)13-11-22/h3-4,7-8,10-13,15-16,28-30,40H,5-6,9,14,17-19,36H2,1-2H3,(H,37,42)(H,38,41)(H,44,45)/t28-,29-,30-/m0/s1/i35-1. The summed E-state index contributed by atoms with van der Waals surface area (Å²) in [6.07, 6.45) is 1.55. The van der Waals surface area contributed by atoms with E-state index in [4.69, 9.17) is 5.73 Å². The minimum absolute atomic E-state index is 0.129. The summed E-state index contributed by atoms with van der Waals surface area (Å²) < 4.78 is 13.1. The van der Waals surface area contributed by atoms with E-state index in [-0.39, 0.29) is 49.1 Å². The molecule has 1 heterocycles. The Kier molecular flexibility index (Phi) is 10.9. The third kappa shape index (κ3) is 8.45. The van der Waals surface area contributed by atoms with E-state index in [0.29, 0.717) is 19.3 Å². The number of halogens is 1. The van der Waals surface area contributed by atoms with Crippen LogP contribution in [0.25, 0.3) is 0 Å². The number of nitrogens with two attached hydrogens (primary N) is 1. The van der Waals surface area contributed by atoms with Gasteiger partial charge in [0.1, 0.15) is 23.7 Å². The van der Waals surface area contributed by atoms with Crippen molar-refractivity contribution in [1.29, 1.82) is 0 Å². The van der Waals surface area contributed by atoms with Gasteiger partial charge in [-0.05, 0) is 104 Å². The zero-order valence-corrected chi connectivity index (χ0v) is 25.4. The number of phenols is 1. The van der Waals surface area contributed by atoms with Gasteiger partial charge in [-0.1, -0.05) is 24.3 Å². The van der Waals surface area contributed by atoms with Gasteiger partial charge in [0.2, 0.25) is 11.8 Å². The van der Waals surface area contributed by atoms with Crippen LogP contribution in [0.15, 0.2) is 60.7 Å². The van der Waals surface area contributed by atoms with E-state index in [0.717, 1.165) is 39.9 Å². The number of rotatable bonds is 12. The molecule has 1 aliphatic heterocycles.